The van der Waals surface area contributed by atoms with Gasteiger partial charge in [-0.3, -0.25) is 14.4 Å². The second kappa shape index (κ2) is 9.97. The zero-order valence-corrected chi connectivity index (χ0v) is 18.6. The van der Waals surface area contributed by atoms with Gasteiger partial charge in [-0.2, -0.15) is 17.7 Å². The predicted octanol–water partition coefficient (Wildman–Crippen LogP) is 3.79. The van der Waals surface area contributed by atoms with Crippen LogP contribution in [0.3, 0.4) is 0 Å². The van der Waals surface area contributed by atoms with Crippen LogP contribution >= 0.6 is 25.0 Å². The monoisotopic (exact) mass is 465 g/mol. The lowest BCUT2D eigenvalue weighted by Gasteiger charge is -2.37. The Morgan fingerprint density at radius 2 is 2.00 bits per heavy atom. The second-order valence-electron chi connectivity index (χ2n) is 7.88. The summed E-state index contributed by atoms with van der Waals surface area (Å²) in [4.78, 5) is 26.1. The molecule has 2 aliphatic rings. The SMILES string of the molecule is Cl.O=C(O)c1ccn(C/C=C2\CN(C(C(=O)C3CC3)c3ccccc3F)CCC2S)n1. The van der Waals surface area contributed by atoms with E-state index in [1.807, 2.05) is 11.0 Å². The van der Waals surface area contributed by atoms with Gasteiger partial charge in [-0.1, -0.05) is 24.3 Å². The molecule has 4 rings (SSSR count). The fourth-order valence-corrected chi connectivity index (χ4v) is 4.22. The van der Waals surface area contributed by atoms with E-state index in [1.54, 1.807) is 29.1 Å². The Hall–Kier alpha value is -2.16. The summed E-state index contributed by atoms with van der Waals surface area (Å²) in [6.45, 7) is 1.58. The van der Waals surface area contributed by atoms with Gasteiger partial charge < -0.3 is 5.11 Å². The third-order valence-corrected chi connectivity index (χ3v) is 6.31. The molecule has 2 aromatic rings. The van der Waals surface area contributed by atoms with Crippen LogP contribution in [-0.4, -0.2) is 49.9 Å². The minimum Gasteiger partial charge on any atom is -0.476 e. The highest BCUT2D eigenvalue weighted by molar-refractivity contribution is 7.81. The average Bonchev–Trinajstić information content (AvgIpc) is 3.47. The highest BCUT2D eigenvalue weighted by atomic mass is 35.5. The third kappa shape index (κ3) is 5.37. The summed E-state index contributed by atoms with van der Waals surface area (Å²) in [5, 5.41) is 13.1. The van der Waals surface area contributed by atoms with Gasteiger partial charge in [0.05, 0.1) is 12.6 Å². The summed E-state index contributed by atoms with van der Waals surface area (Å²) in [7, 11) is 0. The molecule has 1 saturated carbocycles. The van der Waals surface area contributed by atoms with Crippen LogP contribution in [0.2, 0.25) is 0 Å². The first-order valence-corrected chi connectivity index (χ1v) is 10.6. The van der Waals surface area contributed by atoms with E-state index in [4.69, 9.17) is 5.11 Å². The van der Waals surface area contributed by atoms with Crippen molar-refractivity contribution in [2.75, 3.05) is 13.1 Å². The fourth-order valence-electron chi connectivity index (χ4n) is 3.92. The van der Waals surface area contributed by atoms with Crippen molar-refractivity contribution >= 4 is 36.8 Å². The topological polar surface area (TPSA) is 75.4 Å². The largest absolute Gasteiger partial charge is 0.476 e. The van der Waals surface area contributed by atoms with Crippen molar-refractivity contribution in [3.63, 3.8) is 0 Å². The fraction of sp³-hybridized carbons (Fsp3) is 0.409. The molecule has 2 atom stereocenters. The maximum atomic E-state index is 14.6. The number of carbonyl (C=O) groups is 2. The first-order chi connectivity index (χ1) is 14.4. The van der Waals surface area contributed by atoms with Gasteiger partial charge in [0.1, 0.15) is 5.82 Å². The number of hydrogen-bond donors (Lipinski definition) is 2. The Morgan fingerprint density at radius 1 is 1.26 bits per heavy atom. The number of aromatic nitrogens is 2. The molecule has 6 nitrogen and oxygen atoms in total. The normalized spacial score (nSPS) is 21.5. The number of halogens is 2. The Labute approximate surface area is 191 Å². The molecule has 9 heteroatoms. The van der Waals surface area contributed by atoms with Gasteiger partial charge in [0, 0.05) is 36.0 Å². The number of carboxylic acid groups (broad SMARTS) is 1. The van der Waals surface area contributed by atoms with Gasteiger partial charge >= 0.3 is 5.97 Å². The second-order valence-corrected chi connectivity index (χ2v) is 8.51. The van der Waals surface area contributed by atoms with E-state index in [0.29, 0.717) is 25.2 Å². The van der Waals surface area contributed by atoms with Gasteiger partial charge in [-0.15, -0.1) is 12.4 Å². The predicted molar refractivity (Wildman–Crippen MR) is 120 cm³/mol. The van der Waals surface area contributed by atoms with Crippen LogP contribution in [0.25, 0.3) is 0 Å². The zero-order valence-electron chi connectivity index (χ0n) is 16.9. The number of hydrogen-bond acceptors (Lipinski definition) is 5. The van der Waals surface area contributed by atoms with Gasteiger partial charge in [0.15, 0.2) is 11.5 Å². The lowest BCUT2D eigenvalue weighted by Crippen LogP contribution is -2.42. The summed E-state index contributed by atoms with van der Waals surface area (Å²) >= 11 is 4.68. The maximum absolute atomic E-state index is 14.6. The number of Topliss-reactive ketones (excluding diaryl/α,β-unsaturated/α-hetero) is 1. The van der Waals surface area contributed by atoms with E-state index in [1.165, 1.54) is 12.1 Å². The first kappa shape index (κ1) is 23.5. The van der Waals surface area contributed by atoms with Gasteiger partial charge in [-0.25, -0.2) is 9.18 Å². The lowest BCUT2D eigenvalue weighted by molar-refractivity contribution is -0.126. The molecular weight excluding hydrogens is 441 g/mol. The number of nitrogens with zero attached hydrogens (tertiary/aromatic N) is 3. The molecular formula is C22H25ClFN3O3S. The van der Waals surface area contributed by atoms with Crippen LogP contribution in [0.4, 0.5) is 4.39 Å². The lowest BCUT2D eigenvalue weighted by atomic mass is 9.93. The molecule has 1 aromatic carbocycles. The van der Waals surface area contributed by atoms with Crippen LogP contribution in [0, 0.1) is 11.7 Å². The maximum Gasteiger partial charge on any atom is 0.356 e. The molecule has 0 amide bonds. The molecule has 1 aliphatic carbocycles. The van der Waals surface area contributed by atoms with E-state index in [0.717, 1.165) is 24.8 Å². The van der Waals surface area contributed by atoms with Crippen molar-refractivity contribution in [2.45, 2.75) is 37.1 Å². The highest BCUT2D eigenvalue weighted by Gasteiger charge is 2.40. The quantitative estimate of drug-likeness (QED) is 0.480. The van der Waals surface area contributed by atoms with Crippen LogP contribution in [0.1, 0.15) is 41.4 Å². The molecule has 0 radical (unpaired) electrons. The number of ketones is 1. The molecule has 2 heterocycles. The Balaban J connectivity index is 0.00000272. The molecule has 1 aromatic heterocycles. The van der Waals surface area contributed by atoms with Crippen molar-refractivity contribution in [3.8, 4) is 0 Å². The molecule has 1 aliphatic heterocycles. The molecule has 1 saturated heterocycles. The van der Waals surface area contributed by atoms with Crippen molar-refractivity contribution < 1.29 is 19.1 Å². The van der Waals surface area contributed by atoms with Crippen LogP contribution in [0.15, 0.2) is 48.2 Å². The van der Waals surface area contributed by atoms with E-state index in [9.17, 15) is 14.0 Å². The molecule has 2 unspecified atom stereocenters. The number of allylic oxidation sites excluding steroid dienone is 1. The summed E-state index contributed by atoms with van der Waals surface area (Å²) in [6.07, 6.45) is 6.09. The van der Waals surface area contributed by atoms with Crippen LogP contribution < -0.4 is 0 Å². The number of aromatic carboxylic acids is 1. The number of thiol groups is 1. The molecule has 31 heavy (non-hydrogen) atoms. The number of carboxylic acids is 1. The van der Waals surface area contributed by atoms with E-state index >= 15 is 0 Å². The molecule has 1 N–H and O–H groups in total. The van der Waals surface area contributed by atoms with E-state index < -0.39 is 12.0 Å². The number of benzene rings is 1. The molecule has 0 bridgehead atoms. The molecule has 166 valence electrons. The van der Waals surface area contributed by atoms with Crippen LogP contribution in [0.5, 0.6) is 0 Å². The highest BCUT2D eigenvalue weighted by Crippen LogP contribution is 2.39. The van der Waals surface area contributed by atoms with E-state index in [-0.39, 0.29) is 40.9 Å². The van der Waals surface area contributed by atoms with Crippen molar-refractivity contribution in [1.29, 1.82) is 0 Å². The van der Waals surface area contributed by atoms with Gasteiger partial charge in [-0.05, 0) is 37.0 Å². The smallest absolute Gasteiger partial charge is 0.356 e. The Morgan fingerprint density at radius 3 is 2.65 bits per heavy atom. The standard InChI is InChI=1S/C22H24FN3O3S.ClH/c23-17-4-2-1-3-16(17)20(21(27)14-5-6-14)25-10-9-19(30)15(13-25)7-11-26-12-8-18(24-26)22(28)29;/h1-4,7-8,12,14,19-20,30H,5-6,9-11,13H2,(H,28,29);1H/b15-7+;. The van der Waals surface area contributed by atoms with Crippen molar-refractivity contribution in [1.82, 2.24) is 14.7 Å². The minimum atomic E-state index is -1.07. The average molecular weight is 466 g/mol. The summed E-state index contributed by atoms with van der Waals surface area (Å²) in [6, 6.07) is 7.38. The molecule has 2 fully saturated rings. The molecule has 0 spiro atoms. The summed E-state index contributed by atoms with van der Waals surface area (Å²) < 4.78 is 16.1. The first-order valence-electron chi connectivity index (χ1n) is 10.1. The van der Waals surface area contributed by atoms with Crippen LogP contribution in [-0.2, 0) is 11.3 Å². The van der Waals surface area contributed by atoms with E-state index in [2.05, 4.69) is 17.7 Å². The third-order valence-electron chi connectivity index (χ3n) is 5.72. The Bertz CT molecular complexity index is 992. The number of likely N-dealkylation sites (tertiary alicyclic amines) is 1. The minimum absolute atomic E-state index is 0. The zero-order chi connectivity index (χ0) is 21.3. The van der Waals surface area contributed by atoms with Crippen molar-refractivity contribution in [3.05, 3.63) is 65.3 Å². The summed E-state index contributed by atoms with van der Waals surface area (Å²) in [5.41, 5.74) is 1.46. The van der Waals surface area contributed by atoms with Gasteiger partial charge in [0.25, 0.3) is 0 Å². The number of carbonyl (C=O) groups excluding carboxylic acids is 1. The van der Waals surface area contributed by atoms with Crippen molar-refractivity contribution in [2.24, 2.45) is 5.92 Å². The van der Waals surface area contributed by atoms with Gasteiger partial charge in [0.2, 0.25) is 0 Å². The summed E-state index contributed by atoms with van der Waals surface area (Å²) in [5.74, 6) is -1.30. The number of rotatable bonds is 7. The Kier molecular flexibility index (Phi) is 7.56. The number of piperidine rings is 1.